The zero-order valence-electron chi connectivity index (χ0n) is 9.22. The highest BCUT2D eigenvalue weighted by Crippen LogP contribution is 2.26. The maximum atomic E-state index is 12.0. The summed E-state index contributed by atoms with van der Waals surface area (Å²) in [6.07, 6.45) is -4.58. The highest BCUT2D eigenvalue weighted by Gasteiger charge is 2.29. The van der Waals surface area contributed by atoms with Crippen molar-refractivity contribution in [3.05, 3.63) is 33.9 Å². The lowest BCUT2D eigenvalue weighted by molar-refractivity contribution is -0.384. The van der Waals surface area contributed by atoms with Gasteiger partial charge in [0.1, 0.15) is 5.75 Å². The van der Waals surface area contributed by atoms with Crippen LogP contribution in [0.3, 0.4) is 0 Å². The minimum Gasteiger partial charge on any atom is -0.483 e. The number of nitrogens with zero attached hydrogens (tertiary/aromatic N) is 2. The lowest BCUT2D eigenvalue weighted by atomic mass is 10.1. The summed E-state index contributed by atoms with van der Waals surface area (Å²) in [5.74, 6) is -0.973. The van der Waals surface area contributed by atoms with Crippen molar-refractivity contribution in [2.75, 3.05) is 6.61 Å². The zero-order chi connectivity index (χ0) is 14.6. The molecule has 0 fully saturated rings. The molecule has 0 spiro atoms. The fourth-order valence-corrected chi connectivity index (χ4v) is 1.17. The quantitative estimate of drug-likeness (QED) is 0.286. The van der Waals surface area contributed by atoms with Gasteiger partial charge in [-0.3, -0.25) is 10.1 Å². The number of benzene rings is 1. The van der Waals surface area contributed by atoms with Crippen LogP contribution in [0.2, 0.25) is 0 Å². The fourth-order valence-electron chi connectivity index (χ4n) is 1.17. The van der Waals surface area contributed by atoms with E-state index in [0.29, 0.717) is 0 Å². The Bertz CT molecular complexity index is 516. The van der Waals surface area contributed by atoms with Crippen molar-refractivity contribution in [1.82, 2.24) is 0 Å². The average molecular weight is 279 g/mol. The molecule has 19 heavy (non-hydrogen) atoms. The highest BCUT2D eigenvalue weighted by atomic mass is 19.4. The summed E-state index contributed by atoms with van der Waals surface area (Å²) in [5.41, 5.74) is 4.49. The van der Waals surface area contributed by atoms with Crippen LogP contribution in [-0.4, -0.2) is 28.7 Å². The van der Waals surface area contributed by atoms with Crippen molar-refractivity contribution in [1.29, 1.82) is 0 Å². The second kappa shape index (κ2) is 5.42. The Morgan fingerprint density at radius 1 is 1.53 bits per heavy atom. The number of nitro benzene ring substituents is 1. The lowest BCUT2D eigenvalue weighted by Gasteiger charge is -2.12. The molecule has 0 aliphatic carbocycles. The molecule has 104 valence electrons. The first-order valence-electron chi connectivity index (χ1n) is 4.70. The summed E-state index contributed by atoms with van der Waals surface area (Å²) in [5, 5.41) is 21.6. The summed E-state index contributed by atoms with van der Waals surface area (Å²) >= 11 is 0. The smallest absolute Gasteiger partial charge is 0.422 e. The third-order valence-corrected chi connectivity index (χ3v) is 1.95. The van der Waals surface area contributed by atoms with Gasteiger partial charge in [0, 0.05) is 12.1 Å². The van der Waals surface area contributed by atoms with E-state index < -0.39 is 29.2 Å². The molecule has 0 bridgehead atoms. The maximum Gasteiger partial charge on any atom is 0.422 e. The Morgan fingerprint density at radius 2 is 2.16 bits per heavy atom. The summed E-state index contributed by atoms with van der Waals surface area (Å²) in [7, 11) is 0. The van der Waals surface area contributed by atoms with Gasteiger partial charge in [0.2, 0.25) is 0 Å². The van der Waals surface area contributed by atoms with Gasteiger partial charge in [-0.05, 0) is 6.07 Å². The second-order valence-electron chi connectivity index (χ2n) is 3.33. The number of oxime groups is 1. The lowest BCUT2D eigenvalue weighted by Crippen LogP contribution is -2.21. The first kappa shape index (κ1) is 14.5. The van der Waals surface area contributed by atoms with Crippen LogP contribution in [0.4, 0.5) is 18.9 Å². The Balaban J connectivity index is 3.13. The number of alkyl halides is 3. The van der Waals surface area contributed by atoms with Crippen LogP contribution >= 0.6 is 0 Å². The summed E-state index contributed by atoms with van der Waals surface area (Å²) < 4.78 is 40.5. The Kier molecular flexibility index (Phi) is 4.14. The van der Waals surface area contributed by atoms with Gasteiger partial charge in [-0.1, -0.05) is 5.16 Å². The molecule has 7 nitrogen and oxygen atoms in total. The maximum absolute atomic E-state index is 12.0. The average Bonchev–Trinajstić information content (AvgIpc) is 2.34. The molecule has 0 amide bonds. The van der Waals surface area contributed by atoms with E-state index in [4.69, 9.17) is 10.9 Å². The van der Waals surface area contributed by atoms with Crippen LogP contribution in [-0.2, 0) is 0 Å². The number of amidine groups is 1. The van der Waals surface area contributed by atoms with Crippen LogP contribution in [0, 0.1) is 10.1 Å². The van der Waals surface area contributed by atoms with E-state index in [1.165, 1.54) is 0 Å². The van der Waals surface area contributed by atoms with E-state index in [0.717, 1.165) is 18.2 Å². The van der Waals surface area contributed by atoms with Crippen molar-refractivity contribution in [3.8, 4) is 5.75 Å². The molecule has 0 heterocycles. The van der Waals surface area contributed by atoms with Crippen molar-refractivity contribution in [3.63, 3.8) is 0 Å². The molecule has 0 aliphatic rings. The predicted octanol–water partition coefficient (Wildman–Crippen LogP) is 1.63. The second-order valence-corrected chi connectivity index (χ2v) is 3.33. The molecule has 1 aromatic carbocycles. The van der Waals surface area contributed by atoms with E-state index >= 15 is 0 Å². The van der Waals surface area contributed by atoms with Crippen molar-refractivity contribution >= 4 is 11.5 Å². The third kappa shape index (κ3) is 4.01. The topological polar surface area (TPSA) is 111 Å². The van der Waals surface area contributed by atoms with Gasteiger partial charge in [-0.25, -0.2) is 0 Å². The Morgan fingerprint density at radius 3 is 2.63 bits per heavy atom. The molecule has 0 unspecified atom stereocenters. The molecule has 0 atom stereocenters. The molecule has 1 rings (SSSR count). The van der Waals surface area contributed by atoms with Crippen molar-refractivity contribution in [2.24, 2.45) is 10.9 Å². The SMILES string of the molecule is NC(=NO)c1cc([N+](=O)[O-])ccc1OCC(F)(F)F. The molecule has 1 aromatic rings. The molecule has 0 saturated carbocycles. The van der Waals surface area contributed by atoms with Crippen molar-refractivity contribution < 1.29 is 28.0 Å². The minimum absolute atomic E-state index is 0.305. The third-order valence-electron chi connectivity index (χ3n) is 1.95. The number of nitro groups is 1. The standard InChI is InChI=1S/C9H8F3N3O4/c10-9(11,12)4-19-7-2-1-5(15(17)18)3-6(7)8(13)14-16/h1-3,16H,4H2,(H2,13,14). The van der Waals surface area contributed by atoms with Crippen LogP contribution in [0.15, 0.2) is 23.4 Å². The zero-order valence-corrected chi connectivity index (χ0v) is 9.22. The molecular weight excluding hydrogens is 271 g/mol. The first-order valence-corrected chi connectivity index (χ1v) is 4.70. The molecule has 0 radical (unpaired) electrons. The molecule has 0 aromatic heterocycles. The van der Waals surface area contributed by atoms with Crippen LogP contribution in [0.5, 0.6) is 5.75 Å². The van der Waals surface area contributed by atoms with Crippen LogP contribution in [0.25, 0.3) is 0 Å². The van der Waals surface area contributed by atoms with Gasteiger partial charge in [-0.15, -0.1) is 0 Å². The summed E-state index contributed by atoms with van der Waals surface area (Å²) in [4.78, 5) is 9.76. The number of nitrogens with two attached hydrogens (primary N) is 1. The van der Waals surface area contributed by atoms with Gasteiger partial charge in [0.05, 0.1) is 10.5 Å². The number of ether oxygens (including phenoxy) is 1. The van der Waals surface area contributed by atoms with Gasteiger partial charge in [0.15, 0.2) is 12.4 Å². The Hall–Kier alpha value is -2.52. The monoisotopic (exact) mass is 279 g/mol. The largest absolute Gasteiger partial charge is 0.483 e. The van der Waals surface area contributed by atoms with E-state index in [1.807, 2.05) is 0 Å². The molecular formula is C9H8F3N3O4. The molecule has 0 saturated heterocycles. The van der Waals surface area contributed by atoms with Gasteiger partial charge in [0.25, 0.3) is 5.69 Å². The number of hydrogen-bond donors (Lipinski definition) is 2. The van der Waals surface area contributed by atoms with Gasteiger partial charge < -0.3 is 15.7 Å². The van der Waals surface area contributed by atoms with Crippen LogP contribution in [0.1, 0.15) is 5.56 Å². The van der Waals surface area contributed by atoms with E-state index in [1.54, 1.807) is 0 Å². The fraction of sp³-hybridized carbons (Fsp3) is 0.222. The number of halogens is 3. The minimum atomic E-state index is -4.58. The van der Waals surface area contributed by atoms with Gasteiger partial charge in [-0.2, -0.15) is 13.2 Å². The number of hydrogen-bond acceptors (Lipinski definition) is 5. The van der Waals surface area contributed by atoms with E-state index in [9.17, 15) is 23.3 Å². The normalized spacial score (nSPS) is 12.3. The Labute approximate surface area is 104 Å². The van der Waals surface area contributed by atoms with Crippen molar-refractivity contribution in [2.45, 2.75) is 6.18 Å². The first-order chi connectivity index (χ1) is 8.74. The summed E-state index contributed by atoms with van der Waals surface area (Å²) in [6, 6.07) is 2.73. The van der Waals surface area contributed by atoms with Crippen LogP contribution < -0.4 is 10.5 Å². The molecule has 3 N–H and O–H groups in total. The highest BCUT2D eigenvalue weighted by molar-refractivity contribution is 6.00. The summed E-state index contributed by atoms with van der Waals surface area (Å²) in [6.45, 7) is -1.60. The number of rotatable bonds is 4. The molecule has 0 aliphatic heterocycles. The predicted molar refractivity (Wildman–Crippen MR) is 57.2 cm³/mol. The molecule has 10 heteroatoms. The van der Waals surface area contributed by atoms with Gasteiger partial charge >= 0.3 is 6.18 Å². The van der Waals surface area contributed by atoms with E-state index in [2.05, 4.69) is 9.89 Å². The number of non-ortho nitro benzene ring substituents is 1. The van der Waals surface area contributed by atoms with E-state index in [-0.39, 0.29) is 11.3 Å².